The number of nitrogens with zero attached hydrogens (tertiary/aromatic N) is 8. The van der Waals surface area contributed by atoms with E-state index in [2.05, 4.69) is 42.2 Å². The van der Waals surface area contributed by atoms with Crippen LogP contribution in [0.25, 0.3) is 22.3 Å². The molecule has 0 bridgehead atoms. The molecule has 4 aromatic heterocycles. The van der Waals surface area contributed by atoms with Crippen molar-refractivity contribution in [1.82, 2.24) is 39.0 Å². The Morgan fingerprint density at radius 2 is 1.44 bits per heavy atom. The van der Waals surface area contributed by atoms with E-state index in [1.54, 1.807) is 7.85 Å². The zero-order valence-corrected chi connectivity index (χ0v) is 25.8. The summed E-state index contributed by atoms with van der Waals surface area (Å²) >= 11 is 4.02. The second-order valence-corrected chi connectivity index (χ2v) is 13.1. The number of fused-ring (bicyclic) bond motifs is 2. The van der Waals surface area contributed by atoms with Crippen molar-refractivity contribution in [3.05, 3.63) is 25.3 Å². The van der Waals surface area contributed by atoms with Crippen molar-refractivity contribution in [3.8, 4) is 0 Å². The normalized spacial score (nSPS) is 30.0. The summed E-state index contributed by atoms with van der Waals surface area (Å²) in [5.74, 6) is 0.164. The highest BCUT2D eigenvalue weighted by atomic mass is 32.7. The average molecular weight is 688 g/mol. The quantitative estimate of drug-likeness (QED) is 0.107. The molecule has 0 aliphatic carbocycles. The molecule has 2 aliphatic rings. The van der Waals surface area contributed by atoms with Gasteiger partial charge in [0.05, 0.1) is 25.9 Å². The Balaban J connectivity index is 1.18. The third kappa shape index (κ3) is 6.14. The van der Waals surface area contributed by atoms with Crippen LogP contribution in [0.5, 0.6) is 0 Å². The van der Waals surface area contributed by atoms with Crippen LogP contribution in [-0.4, -0.2) is 103 Å². The van der Waals surface area contributed by atoms with Crippen molar-refractivity contribution >= 4 is 69.5 Å². The lowest BCUT2D eigenvalue weighted by Crippen LogP contribution is -2.35. The molecule has 0 saturated carbocycles. The molecule has 2 aliphatic heterocycles. The first-order valence-corrected chi connectivity index (χ1v) is 16.7. The minimum Gasteiger partial charge on any atom is -0.382 e. The number of halogens is 2. The van der Waals surface area contributed by atoms with Gasteiger partial charge >= 0.3 is 15.5 Å². The molecule has 6 heterocycles. The number of ether oxygens (including phenoxy) is 3. The molecule has 2 saturated heterocycles. The van der Waals surface area contributed by atoms with Crippen molar-refractivity contribution in [2.75, 3.05) is 31.2 Å². The summed E-state index contributed by atoms with van der Waals surface area (Å²) in [4.78, 5) is 24.2. The summed E-state index contributed by atoms with van der Waals surface area (Å²) in [5.41, 5.74) is 12.5. The molecule has 45 heavy (non-hydrogen) atoms. The molecule has 240 valence electrons. The number of rotatable bonds is 12. The molecule has 2 fully saturated rings. The number of hydrogen-bond acceptors (Lipinski definition) is 16. The van der Waals surface area contributed by atoms with Crippen molar-refractivity contribution < 1.29 is 45.7 Å². The maximum Gasteiger partial charge on any atom is 0.386 e. The monoisotopic (exact) mass is 688 g/mol. The SMILES string of the molecule is BCO[C@H]1[C@@H](F)[C@H](n2cnc3c(N)ncnc32)O[C@@H]1COP(=O)(S)O[C@H]1[C@@H](F)[C@H](n2cnc3c(N)ncnc32)O[C@@H]1COP=O. The Kier molecular flexibility index (Phi) is 9.29. The topological polar surface area (TPSA) is 229 Å². The fourth-order valence-electron chi connectivity index (χ4n) is 5.19. The van der Waals surface area contributed by atoms with Gasteiger partial charge in [0.2, 0.25) is 0 Å². The molecule has 0 aromatic carbocycles. The highest BCUT2D eigenvalue weighted by Gasteiger charge is 2.52. The Bertz CT molecular complexity index is 1750. The summed E-state index contributed by atoms with van der Waals surface area (Å²) in [6.07, 6.45) is -6.56. The van der Waals surface area contributed by atoms with Gasteiger partial charge in [0.1, 0.15) is 56.0 Å². The Labute approximate surface area is 259 Å². The Morgan fingerprint density at radius 1 is 0.911 bits per heavy atom. The molecule has 1 unspecified atom stereocenters. The first-order chi connectivity index (χ1) is 21.6. The summed E-state index contributed by atoms with van der Waals surface area (Å²) in [6, 6.07) is 0. The van der Waals surface area contributed by atoms with Crippen LogP contribution < -0.4 is 11.5 Å². The lowest BCUT2D eigenvalue weighted by Gasteiger charge is -2.24. The number of aromatic nitrogens is 8. The van der Waals surface area contributed by atoms with E-state index in [0.29, 0.717) is 0 Å². The van der Waals surface area contributed by atoms with Gasteiger partial charge in [-0.05, 0) is 0 Å². The smallest absolute Gasteiger partial charge is 0.382 e. The molecule has 24 heteroatoms. The van der Waals surface area contributed by atoms with Gasteiger partial charge in [-0.2, -0.15) is 0 Å². The van der Waals surface area contributed by atoms with E-state index in [4.69, 9.17) is 39.2 Å². The van der Waals surface area contributed by atoms with Crippen LogP contribution in [0.4, 0.5) is 20.4 Å². The van der Waals surface area contributed by atoms with E-state index in [1.165, 1.54) is 34.4 Å². The van der Waals surface area contributed by atoms with Gasteiger partial charge < -0.3 is 25.7 Å². The first-order valence-electron chi connectivity index (χ1n) is 13.3. The van der Waals surface area contributed by atoms with Gasteiger partial charge in [0.15, 0.2) is 47.7 Å². The fraction of sp³-hybridized carbons (Fsp3) is 0.524. The lowest BCUT2D eigenvalue weighted by molar-refractivity contribution is -0.0541. The minimum absolute atomic E-state index is 0.0640. The third-order valence-electron chi connectivity index (χ3n) is 7.16. The Morgan fingerprint density at radius 3 is 1.98 bits per heavy atom. The van der Waals surface area contributed by atoms with Crippen LogP contribution in [0.15, 0.2) is 25.3 Å². The molecular weight excluding hydrogens is 663 g/mol. The van der Waals surface area contributed by atoms with Crippen LogP contribution in [-0.2, 0) is 36.9 Å². The van der Waals surface area contributed by atoms with Crippen molar-refractivity contribution in [1.29, 1.82) is 0 Å². The highest BCUT2D eigenvalue weighted by Crippen LogP contribution is 2.57. The number of anilines is 2. The van der Waals surface area contributed by atoms with Crippen LogP contribution in [0, 0.1) is 0 Å². The lowest BCUT2D eigenvalue weighted by atomic mass is 10.1. The van der Waals surface area contributed by atoms with Gasteiger partial charge in [0, 0.05) is 6.51 Å². The standard InChI is InChI=1S/C21H25BF2N10O8P2S/c22-3-37-14-9(41-20(10(14)23)33-6-31-12-16(25)27-4-29-18(12)33)2-39-44(36,45)42-15-8(1-38-43-35)40-21(11(15)24)34-7-32-13-17(26)28-5-30-19(13)34/h4-11,14-15,20-21H,1-3,22H2,(H,36,45)(H2,25,27,29)(H2,26,28,30)/t8-,9-,10-,11-,14-,15-,20-,21-,44?/m1/s1. The number of thiol groups is 1. The first kappa shape index (κ1) is 32.0. The van der Waals surface area contributed by atoms with Gasteiger partial charge in [-0.15, -0.1) is 0 Å². The maximum absolute atomic E-state index is 15.9. The number of imidazole rings is 2. The number of hydrogen-bond donors (Lipinski definition) is 3. The third-order valence-corrected chi connectivity index (χ3v) is 9.03. The van der Waals surface area contributed by atoms with Crippen LogP contribution in [0.1, 0.15) is 12.5 Å². The molecule has 4 N–H and O–H groups in total. The minimum atomic E-state index is -4.40. The van der Waals surface area contributed by atoms with Crippen LogP contribution in [0.3, 0.4) is 0 Å². The van der Waals surface area contributed by atoms with Crippen molar-refractivity contribution in [3.63, 3.8) is 0 Å². The van der Waals surface area contributed by atoms with Gasteiger partial charge in [-0.3, -0.25) is 22.7 Å². The molecule has 0 amide bonds. The zero-order chi connectivity index (χ0) is 31.9. The number of nitrogen functional groups attached to an aromatic ring is 2. The zero-order valence-electron chi connectivity index (χ0n) is 23.1. The predicted molar refractivity (Wildman–Crippen MR) is 156 cm³/mol. The Hall–Kier alpha value is -2.94. The summed E-state index contributed by atoms with van der Waals surface area (Å²) in [5, 5.41) is 0. The van der Waals surface area contributed by atoms with Crippen molar-refractivity contribution in [2.45, 2.75) is 49.2 Å². The molecule has 18 nitrogen and oxygen atoms in total. The number of alkyl halides is 2. The summed E-state index contributed by atoms with van der Waals surface area (Å²) < 4.78 is 91.7. The fourth-order valence-corrected chi connectivity index (χ4v) is 6.88. The average Bonchev–Trinajstić information content (AvgIpc) is 3.77. The second kappa shape index (κ2) is 13.1. The largest absolute Gasteiger partial charge is 0.386 e. The van der Waals surface area contributed by atoms with Gasteiger partial charge in [-0.1, -0.05) is 12.2 Å². The highest BCUT2D eigenvalue weighted by molar-refractivity contribution is 8.44. The summed E-state index contributed by atoms with van der Waals surface area (Å²) in [7, 11) is 0.955. The molecule has 4 aromatic rings. The molecule has 0 radical (unpaired) electrons. The maximum atomic E-state index is 15.9. The van der Waals surface area contributed by atoms with E-state index >= 15 is 8.78 Å². The number of nitrogens with two attached hydrogens (primary N) is 2. The van der Waals surface area contributed by atoms with Gasteiger partial charge in [0.25, 0.3) is 0 Å². The molecule has 6 rings (SSSR count). The van der Waals surface area contributed by atoms with E-state index in [1.807, 2.05) is 0 Å². The molecule has 0 spiro atoms. The van der Waals surface area contributed by atoms with Crippen molar-refractivity contribution in [2.24, 2.45) is 0 Å². The van der Waals surface area contributed by atoms with Crippen LogP contribution in [0.2, 0.25) is 0 Å². The second-order valence-electron chi connectivity index (χ2n) is 9.81. The predicted octanol–water partition coefficient (Wildman–Crippen LogP) is 0.940. The molecule has 9 atom stereocenters. The summed E-state index contributed by atoms with van der Waals surface area (Å²) in [6.45, 7) is -5.22. The van der Waals surface area contributed by atoms with E-state index in [9.17, 15) is 9.13 Å². The molecular formula is C21H25BF2N10O8P2S. The van der Waals surface area contributed by atoms with E-state index in [0.717, 1.165) is 0 Å². The van der Waals surface area contributed by atoms with E-state index < -0.39 is 77.9 Å². The van der Waals surface area contributed by atoms with E-state index in [-0.39, 0.29) is 40.5 Å². The van der Waals surface area contributed by atoms with Crippen LogP contribution >= 0.6 is 27.7 Å². The van der Waals surface area contributed by atoms with Gasteiger partial charge in [-0.25, -0.2) is 47.8 Å².